The van der Waals surface area contributed by atoms with Crippen molar-refractivity contribution in [1.82, 2.24) is 19.8 Å². The van der Waals surface area contributed by atoms with Crippen LogP contribution in [-0.4, -0.2) is 58.4 Å². The lowest BCUT2D eigenvalue weighted by atomic mass is 10.1. The van der Waals surface area contributed by atoms with Gasteiger partial charge in [-0.15, -0.1) is 0 Å². The molecule has 6 nitrogen and oxygen atoms in total. The molecule has 0 aliphatic carbocycles. The van der Waals surface area contributed by atoms with Gasteiger partial charge in [0.15, 0.2) is 0 Å². The highest BCUT2D eigenvalue weighted by molar-refractivity contribution is 5.90. The minimum absolute atomic E-state index is 0.165. The lowest BCUT2D eigenvalue weighted by Gasteiger charge is -2.34. The molecule has 3 aromatic rings. The first-order chi connectivity index (χ1) is 14.1. The number of likely N-dealkylation sites (N-methyl/N-ethyl adjacent to an activating group) is 1. The van der Waals surface area contributed by atoms with Crippen LogP contribution in [0.25, 0.3) is 10.9 Å². The van der Waals surface area contributed by atoms with Gasteiger partial charge in [-0.05, 0) is 42.4 Å². The summed E-state index contributed by atoms with van der Waals surface area (Å²) in [6.45, 7) is 6.66. The summed E-state index contributed by atoms with van der Waals surface area (Å²) in [6.07, 6.45) is 1.85. The molecule has 0 radical (unpaired) electrons. The van der Waals surface area contributed by atoms with Crippen LogP contribution in [0.3, 0.4) is 0 Å². The molecule has 1 fully saturated rings. The van der Waals surface area contributed by atoms with Crippen molar-refractivity contribution < 1.29 is 9.18 Å². The predicted molar refractivity (Wildman–Crippen MR) is 112 cm³/mol. The summed E-state index contributed by atoms with van der Waals surface area (Å²) in [5.74, 6) is 0.384. The number of carbonyl (C=O) groups excluding carboxylic acids is 1. The van der Waals surface area contributed by atoms with Gasteiger partial charge in [0.05, 0.1) is 11.9 Å². The van der Waals surface area contributed by atoms with Gasteiger partial charge in [-0.3, -0.25) is 4.79 Å². The molecule has 1 aliphatic rings. The van der Waals surface area contributed by atoms with Crippen molar-refractivity contribution in [2.45, 2.75) is 13.3 Å². The van der Waals surface area contributed by atoms with E-state index in [9.17, 15) is 9.18 Å². The summed E-state index contributed by atoms with van der Waals surface area (Å²) in [5.41, 5.74) is 2.47. The van der Waals surface area contributed by atoms with Gasteiger partial charge in [0.25, 0.3) is 0 Å². The van der Waals surface area contributed by atoms with E-state index in [-0.39, 0.29) is 11.7 Å². The number of anilines is 2. The Morgan fingerprint density at radius 3 is 2.55 bits per heavy atom. The van der Waals surface area contributed by atoms with Crippen LogP contribution in [-0.2, 0) is 11.2 Å². The quantitative estimate of drug-likeness (QED) is 0.721. The SMILES string of the molecule is CCN1CCN(C(=O)Cc2ccc(Nc3ncnc4ccc(F)cc34)cc2)CC1. The zero-order chi connectivity index (χ0) is 20.2. The Morgan fingerprint density at radius 1 is 1.07 bits per heavy atom. The minimum atomic E-state index is -0.330. The molecule has 1 saturated heterocycles. The fraction of sp³-hybridized carbons (Fsp3) is 0.318. The molecule has 0 unspecified atom stereocenters. The van der Waals surface area contributed by atoms with Crippen molar-refractivity contribution in [2.75, 3.05) is 38.0 Å². The molecule has 2 heterocycles. The summed E-state index contributed by atoms with van der Waals surface area (Å²) in [4.78, 5) is 25.3. The number of benzene rings is 2. The highest BCUT2D eigenvalue weighted by Gasteiger charge is 2.20. The molecule has 4 rings (SSSR count). The number of amides is 1. The van der Waals surface area contributed by atoms with E-state index in [1.54, 1.807) is 6.07 Å². The Balaban J connectivity index is 1.41. The average Bonchev–Trinajstić information content (AvgIpc) is 2.75. The fourth-order valence-electron chi connectivity index (χ4n) is 3.57. The van der Waals surface area contributed by atoms with Gasteiger partial charge in [0.2, 0.25) is 5.91 Å². The molecule has 0 atom stereocenters. The van der Waals surface area contributed by atoms with Crippen LogP contribution in [0.1, 0.15) is 12.5 Å². The molecule has 150 valence electrons. The van der Waals surface area contributed by atoms with E-state index in [2.05, 4.69) is 27.1 Å². The number of aromatic nitrogens is 2. The summed E-state index contributed by atoms with van der Waals surface area (Å²) in [6, 6.07) is 12.1. The molecule has 2 aromatic carbocycles. The van der Waals surface area contributed by atoms with Gasteiger partial charge >= 0.3 is 0 Å². The first kappa shape index (κ1) is 19.3. The molecule has 7 heteroatoms. The first-order valence-electron chi connectivity index (χ1n) is 9.89. The second-order valence-corrected chi connectivity index (χ2v) is 7.20. The molecule has 0 saturated carbocycles. The van der Waals surface area contributed by atoms with E-state index in [1.807, 2.05) is 29.2 Å². The fourth-order valence-corrected chi connectivity index (χ4v) is 3.57. The summed E-state index contributed by atoms with van der Waals surface area (Å²) in [5, 5.41) is 3.83. The lowest BCUT2D eigenvalue weighted by molar-refractivity contribution is -0.132. The van der Waals surface area contributed by atoms with Crippen molar-refractivity contribution in [3.8, 4) is 0 Å². The molecule has 1 N–H and O–H groups in total. The highest BCUT2D eigenvalue weighted by atomic mass is 19.1. The number of nitrogens with zero attached hydrogens (tertiary/aromatic N) is 4. The second kappa shape index (κ2) is 8.53. The van der Waals surface area contributed by atoms with E-state index < -0.39 is 0 Å². The summed E-state index contributed by atoms with van der Waals surface area (Å²) < 4.78 is 13.6. The Kier molecular flexibility index (Phi) is 5.67. The maximum Gasteiger partial charge on any atom is 0.227 e. The van der Waals surface area contributed by atoms with Crippen molar-refractivity contribution in [3.05, 3.63) is 60.2 Å². The van der Waals surface area contributed by atoms with Crippen LogP contribution in [0.2, 0.25) is 0 Å². The Morgan fingerprint density at radius 2 is 1.83 bits per heavy atom. The monoisotopic (exact) mass is 393 g/mol. The number of halogens is 1. The molecule has 0 bridgehead atoms. The standard InChI is InChI=1S/C22H24FN5O/c1-2-27-9-11-28(12-10-27)21(29)13-16-3-6-18(7-4-16)26-22-19-14-17(23)5-8-20(19)24-15-25-22/h3-8,14-15H,2,9-13H2,1H3,(H,24,25,26). The van der Waals surface area contributed by atoms with Crippen LogP contribution < -0.4 is 5.32 Å². The molecule has 1 aromatic heterocycles. The van der Waals surface area contributed by atoms with Crippen LogP contribution >= 0.6 is 0 Å². The van der Waals surface area contributed by atoms with Gasteiger partial charge in [0, 0.05) is 37.3 Å². The Hall–Kier alpha value is -3.06. The van der Waals surface area contributed by atoms with Crippen LogP contribution in [0.15, 0.2) is 48.8 Å². The zero-order valence-corrected chi connectivity index (χ0v) is 16.4. The van der Waals surface area contributed by atoms with E-state index in [0.717, 1.165) is 44.0 Å². The van der Waals surface area contributed by atoms with Crippen LogP contribution in [0, 0.1) is 5.82 Å². The smallest absolute Gasteiger partial charge is 0.227 e. The van der Waals surface area contributed by atoms with E-state index in [0.29, 0.717) is 23.1 Å². The van der Waals surface area contributed by atoms with Gasteiger partial charge in [0.1, 0.15) is 18.0 Å². The largest absolute Gasteiger partial charge is 0.340 e. The average molecular weight is 393 g/mol. The van der Waals surface area contributed by atoms with E-state index >= 15 is 0 Å². The van der Waals surface area contributed by atoms with Gasteiger partial charge < -0.3 is 15.1 Å². The van der Waals surface area contributed by atoms with Crippen molar-refractivity contribution in [3.63, 3.8) is 0 Å². The first-order valence-corrected chi connectivity index (χ1v) is 9.89. The summed E-state index contributed by atoms with van der Waals surface area (Å²) in [7, 11) is 0. The molecule has 0 spiro atoms. The number of hydrogen-bond donors (Lipinski definition) is 1. The Bertz CT molecular complexity index is 1000. The van der Waals surface area contributed by atoms with Crippen molar-refractivity contribution >= 4 is 28.3 Å². The topological polar surface area (TPSA) is 61.4 Å². The summed E-state index contributed by atoms with van der Waals surface area (Å²) >= 11 is 0. The third-order valence-corrected chi connectivity index (χ3v) is 5.34. The highest BCUT2D eigenvalue weighted by Crippen LogP contribution is 2.24. The van der Waals surface area contributed by atoms with Crippen molar-refractivity contribution in [2.24, 2.45) is 0 Å². The predicted octanol–water partition coefficient (Wildman–Crippen LogP) is 3.22. The molecule has 1 aliphatic heterocycles. The number of hydrogen-bond acceptors (Lipinski definition) is 5. The molecule has 29 heavy (non-hydrogen) atoms. The molecular formula is C22H24FN5O. The van der Waals surface area contributed by atoms with E-state index in [4.69, 9.17) is 0 Å². The van der Waals surface area contributed by atoms with Gasteiger partial charge in [-0.25, -0.2) is 14.4 Å². The molecule has 1 amide bonds. The van der Waals surface area contributed by atoms with Crippen LogP contribution in [0.4, 0.5) is 15.9 Å². The second-order valence-electron chi connectivity index (χ2n) is 7.20. The van der Waals surface area contributed by atoms with Crippen LogP contribution in [0.5, 0.6) is 0 Å². The number of rotatable bonds is 5. The number of carbonyl (C=O) groups is 1. The number of piperazine rings is 1. The normalized spacial score (nSPS) is 14.9. The lowest BCUT2D eigenvalue weighted by Crippen LogP contribution is -2.48. The zero-order valence-electron chi connectivity index (χ0n) is 16.4. The maximum absolute atomic E-state index is 13.6. The third kappa shape index (κ3) is 4.51. The maximum atomic E-state index is 13.6. The number of nitrogens with one attached hydrogen (secondary N) is 1. The van der Waals surface area contributed by atoms with Crippen molar-refractivity contribution in [1.29, 1.82) is 0 Å². The van der Waals surface area contributed by atoms with Gasteiger partial charge in [-0.2, -0.15) is 0 Å². The van der Waals surface area contributed by atoms with E-state index in [1.165, 1.54) is 18.5 Å². The minimum Gasteiger partial charge on any atom is -0.340 e. The van der Waals surface area contributed by atoms with Gasteiger partial charge in [-0.1, -0.05) is 19.1 Å². The third-order valence-electron chi connectivity index (χ3n) is 5.34. The Labute approximate surface area is 169 Å². The number of fused-ring (bicyclic) bond motifs is 1. The molecular weight excluding hydrogens is 369 g/mol.